The van der Waals surface area contributed by atoms with E-state index >= 15 is 0 Å². The molecule has 0 bridgehead atoms. The van der Waals surface area contributed by atoms with Crippen molar-refractivity contribution >= 4 is 6.09 Å². The van der Waals surface area contributed by atoms with Crippen LogP contribution in [0.2, 0.25) is 0 Å². The van der Waals surface area contributed by atoms with Gasteiger partial charge in [-0.05, 0) is 19.3 Å². The Hall–Kier alpha value is -0.940. The summed E-state index contributed by atoms with van der Waals surface area (Å²) in [6.07, 6.45) is -2.61. The van der Waals surface area contributed by atoms with Crippen molar-refractivity contribution in [1.82, 2.24) is 4.90 Å². The minimum atomic E-state index is -4.44. The standard InChI is InChI=1S/C8H12F3NO2/c9-8(10,11)6-14-7(13)12-4-2-1-3-5-12/h1-6H2. The number of carbonyl (C=O) groups is 1. The third-order valence-electron chi connectivity index (χ3n) is 1.97. The van der Waals surface area contributed by atoms with Crippen LogP contribution in [0.1, 0.15) is 19.3 Å². The van der Waals surface area contributed by atoms with Crippen LogP contribution in [0.3, 0.4) is 0 Å². The first-order valence-electron chi connectivity index (χ1n) is 4.47. The fourth-order valence-electron chi connectivity index (χ4n) is 1.31. The molecule has 14 heavy (non-hydrogen) atoms. The molecule has 0 spiro atoms. The number of ether oxygens (including phenoxy) is 1. The van der Waals surface area contributed by atoms with Gasteiger partial charge in [0, 0.05) is 13.1 Å². The molecule has 0 aromatic carbocycles. The van der Waals surface area contributed by atoms with Gasteiger partial charge in [0.1, 0.15) is 0 Å². The fraction of sp³-hybridized carbons (Fsp3) is 0.875. The van der Waals surface area contributed by atoms with Crippen LogP contribution in [-0.2, 0) is 4.74 Å². The van der Waals surface area contributed by atoms with Gasteiger partial charge in [0.15, 0.2) is 6.61 Å². The monoisotopic (exact) mass is 211 g/mol. The lowest BCUT2D eigenvalue weighted by molar-refractivity contribution is -0.162. The van der Waals surface area contributed by atoms with Crippen molar-refractivity contribution in [2.24, 2.45) is 0 Å². The molecule has 1 aliphatic heterocycles. The summed E-state index contributed by atoms with van der Waals surface area (Å²) in [5.41, 5.74) is 0. The molecule has 1 rings (SSSR count). The summed E-state index contributed by atoms with van der Waals surface area (Å²) in [5.74, 6) is 0. The van der Waals surface area contributed by atoms with Crippen LogP contribution in [0, 0.1) is 0 Å². The van der Waals surface area contributed by atoms with Crippen LogP contribution in [0.5, 0.6) is 0 Å². The van der Waals surface area contributed by atoms with E-state index in [0.717, 1.165) is 19.3 Å². The highest BCUT2D eigenvalue weighted by atomic mass is 19.4. The van der Waals surface area contributed by atoms with Crippen LogP contribution in [0.15, 0.2) is 0 Å². The lowest BCUT2D eigenvalue weighted by atomic mass is 10.1. The van der Waals surface area contributed by atoms with Crippen molar-refractivity contribution in [1.29, 1.82) is 0 Å². The molecule has 1 heterocycles. The number of likely N-dealkylation sites (tertiary alicyclic amines) is 1. The van der Waals surface area contributed by atoms with Gasteiger partial charge in [-0.2, -0.15) is 13.2 Å². The third kappa shape index (κ3) is 3.85. The highest BCUT2D eigenvalue weighted by Gasteiger charge is 2.30. The number of rotatable bonds is 1. The van der Waals surface area contributed by atoms with Crippen LogP contribution in [0.25, 0.3) is 0 Å². The molecule has 1 aliphatic rings. The van der Waals surface area contributed by atoms with Gasteiger partial charge in [0.2, 0.25) is 0 Å². The molecule has 0 N–H and O–H groups in total. The summed E-state index contributed by atoms with van der Waals surface area (Å²) in [5, 5.41) is 0. The first kappa shape index (κ1) is 11.1. The van der Waals surface area contributed by atoms with Gasteiger partial charge < -0.3 is 9.64 Å². The lowest BCUT2D eigenvalue weighted by Crippen LogP contribution is -2.37. The number of hydrogen-bond donors (Lipinski definition) is 0. The lowest BCUT2D eigenvalue weighted by Gasteiger charge is -2.25. The summed E-state index contributed by atoms with van der Waals surface area (Å²) in [7, 11) is 0. The van der Waals surface area contributed by atoms with Gasteiger partial charge in [-0.3, -0.25) is 0 Å². The predicted molar refractivity (Wildman–Crippen MR) is 42.8 cm³/mol. The minimum Gasteiger partial charge on any atom is -0.440 e. The molecular weight excluding hydrogens is 199 g/mol. The SMILES string of the molecule is O=C(OCC(F)(F)F)N1CCCCC1. The van der Waals surface area contributed by atoms with Gasteiger partial charge in [0.25, 0.3) is 0 Å². The highest BCUT2D eigenvalue weighted by Crippen LogP contribution is 2.16. The van der Waals surface area contributed by atoms with Crippen molar-refractivity contribution in [3.8, 4) is 0 Å². The van der Waals surface area contributed by atoms with Gasteiger partial charge in [-0.1, -0.05) is 0 Å². The number of piperidine rings is 1. The number of amides is 1. The van der Waals surface area contributed by atoms with Crippen molar-refractivity contribution in [3.05, 3.63) is 0 Å². The Labute approximate surface area is 79.8 Å². The molecule has 0 atom stereocenters. The largest absolute Gasteiger partial charge is 0.440 e. The van der Waals surface area contributed by atoms with E-state index in [9.17, 15) is 18.0 Å². The maximum Gasteiger partial charge on any atom is 0.422 e. The molecule has 1 saturated heterocycles. The molecule has 1 amide bonds. The van der Waals surface area contributed by atoms with Gasteiger partial charge >= 0.3 is 12.3 Å². The molecule has 0 aromatic heterocycles. The Morgan fingerprint density at radius 2 is 1.79 bits per heavy atom. The zero-order chi connectivity index (χ0) is 10.6. The third-order valence-corrected chi connectivity index (χ3v) is 1.97. The number of carbonyl (C=O) groups excluding carboxylic acids is 1. The van der Waals surface area contributed by atoms with Crippen LogP contribution in [-0.4, -0.2) is 36.9 Å². The molecule has 0 unspecified atom stereocenters. The first-order chi connectivity index (χ1) is 6.49. The molecule has 0 aromatic rings. The van der Waals surface area contributed by atoms with Gasteiger partial charge in [-0.15, -0.1) is 0 Å². The maximum absolute atomic E-state index is 11.7. The second-order valence-electron chi connectivity index (χ2n) is 3.22. The van der Waals surface area contributed by atoms with Gasteiger partial charge in [0.05, 0.1) is 0 Å². The zero-order valence-electron chi connectivity index (χ0n) is 7.64. The van der Waals surface area contributed by atoms with E-state index in [4.69, 9.17) is 0 Å². The minimum absolute atomic E-state index is 0.497. The van der Waals surface area contributed by atoms with E-state index in [1.807, 2.05) is 0 Å². The van der Waals surface area contributed by atoms with Gasteiger partial charge in [-0.25, -0.2) is 4.79 Å². The quantitative estimate of drug-likeness (QED) is 0.665. The zero-order valence-corrected chi connectivity index (χ0v) is 7.64. The van der Waals surface area contributed by atoms with Crippen molar-refractivity contribution < 1.29 is 22.7 Å². The average Bonchev–Trinajstić information content (AvgIpc) is 2.14. The number of halogens is 3. The molecule has 6 heteroatoms. The summed E-state index contributed by atoms with van der Waals surface area (Å²) < 4.78 is 39.2. The number of hydrogen-bond acceptors (Lipinski definition) is 2. The van der Waals surface area contributed by atoms with E-state index in [1.165, 1.54) is 4.90 Å². The molecule has 1 fully saturated rings. The Morgan fingerprint density at radius 3 is 2.29 bits per heavy atom. The molecule has 0 saturated carbocycles. The Morgan fingerprint density at radius 1 is 1.21 bits per heavy atom. The second kappa shape index (κ2) is 4.52. The van der Waals surface area contributed by atoms with Crippen LogP contribution >= 0.6 is 0 Å². The van der Waals surface area contributed by atoms with E-state index in [1.54, 1.807) is 0 Å². The Balaban J connectivity index is 2.27. The van der Waals surface area contributed by atoms with E-state index in [-0.39, 0.29) is 0 Å². The van der Waals surface area contributed by atoms with E-state index in [2.05, 4.69) is 4.74 Å². The number of alkyl halides is 3. The van der Waals surface area contributed by atoms with E-state index in [0.29, 0.717) is 13.1 Å². The maximum atomic E-state index is 11.7. The second-order valence-corrected chi connectivity index (χ2v) is 3.22. The molecule has 0 radical (unpaired) electrons. The Bertz CT molecular complexity index is 199. The fourth-order valence-corrected chi connectivity index (χ4v) is 1.31. The van der Waals surface area contributed by atoms with E-state index < -0.39 is 18.9 Å². The topological polar surface area (TPSA) is 29.5 Å². The summed E-state index contributed by atoms with van der Waals surface area (Å²) in [6.45, 7) is -0.504. The van der Waals surface area contributed by atoms with Crippen LogP contribution in [0.4, 0.5) is 18.0 Å². The Kier molecular flexibility index (Phi) is 3.60. The molecule has 3 nitrogen and oxygen atoms in total. The van der Waals surface area contributed by atoms with Crippen molar-refractivity contribution in [3.63, 3.8) is 0 Å². The molecular formula is C8H12F3NO2. The highest BCUT2D eigenvalue weighted by molar-refractivity contribution is 5.67. The summed E-state index contributed by atoms with van der Waals surface area (Å²) in [6, 6.07) is 0. The normalized spacial score (nSPS) is 18.1. The average molecular weight is 211 g/mol. The summed E-state index contributed by atoms with van der Waals surface area (Å²) in [4.78, 5) is 12.4. The predicted octanol–water partition coefficient (Wildman–Crippen LogP) is 2.17. The molecule has 82 valence electrons. The van der Waals surface area contributed by atoms with Crippen molar-refractivity contribution in [2.75, 3.05) is 19.7 Å². The van der Waals surface area contributed by atoms with Crippen LogP contribution < -0.4 is 0 Å². The summed E-state index contributed by atoms with van der Waals surface area (Å²) >= 11 is 0. The smallest absolute Gasteiger partial charge is 0.422 e. The molecule has 0 aliphatic carbocycles. The first-order valence-corrected chi connectivity index (χ1v) is 4.47. The van der Waals surface area contributed by atoms with Crippen molar-refractivity contribution in [2.45, 2.75) is 25.4 Å². The number of nitrogens with zero attached hydrogens (tertiary/aromatic N) is 1.